The molecule has 0 N–H and O–H groups in total. The molecule has 0 amide bonds. The molecule has 1 atom stereocenters. The van der Waals surface area contributed by atoms with Gasteiger partial charge >= 0.3 is 10.6 Å². The molecule has 0 spiro atoms. The SMILES string of the molecule is Cc1cc(=O)oc2ccc(OC(C)c3ccc([N+](=O)[O-])s3)cc12. The molecule has 1 aromatic carbocycles. The molecule has 0 saturated carbocycles. The number of hydrogen-bond donors (Lipinski definition) is 0. The quantitative estimate of drug-likeness (QED) is 0.406. The van der Waals surface area contributed by atoms with Crippen molar-refractivity contribution in [3.8, 4) is 5.75 Å². The van der Waals surface area contributed by atoms with Gasteiger partial charge in [-0.1, -0.05) is 11.3 Å². The first kappa shape index (κ1) is 15.2. The highest BCUT2D eigenvalue weighted by atomic mass is 32.1. The van der Waals surface area contributed by atoms with Gasteiger partial charge in [0.1, 0.15) is 17.4 Å². The van der Waals surface area contributed by atoms with E-state index in [-0.39, 0.29) is 16.7 Å². The molecule has 0 aliphatic rings. The summed E-state index contributed by atoms with van der Waals surface area (Å²) in [6, 6.07) is 9.79. The van der Waals surface area contributed by atoms with Crippen molar-refractivity contribution in [1.29, 1.82) is 0 Å². The fraction of sp³-hybridized carbons (Fsp3) is 0.188. The van der Waals surface area contributed by atoms with Crippen LogP contribution in [0.1, 0.15) is 23.5 Å². The molecule has 0 fully saturated rings. The molecule has 2 heterocycles. The van der Waals surface area contributed by atoms with Gasteiger partial charge in [-0.15, -0.1) is 0 Å². The van der Waals surface area contributed by atoms with Crippen LogP contribution in [0.5, 0.6) is 5.75 Å². The second-order valence-electron chi connectivity index (χ2n) is 5.10. The van der Waals surface area contributed by atoms with Crippen LogP contribution >= 0.6 is 11.3 Å². The normalized spacial score (nSPS) is 12.3. The molecule has 7 heteroatoms. The summed E-state index contributed by atoms with van der Waals surface area (Å²) in [5, 5.41) is 11.6. The number of aryl methyl sites for hydroxylation is 1. The van der Waals surface area contributed by atoms with Crippen LogP contribution in [0.2, 0.25) is 0 Å². The molecule has 0 aliphatic carbocycles. The van der Waals surface area contributed by atoms with Gasteiger partial charge in [0.15, 0.2) is 0 Å². The fourth-order valence-corrected chi connectivity index (χ4v) is 3.10. The van der Waals surface area contributed by atoms with Crippen molar-refractivity contribution in [2.24, 2.45) is 0 Å². The minimum absolute atomic E-state index is 0.0894. The topological polar surface area (TPSA) is 82.6 Å². The Morgan fingerprint density at radius 3 is 2.74 bits per heavy atom. The third-order valence-electron chi connectivity index (χ3n) is 3.43. The van der Waals surface area contributed by atoms with E-state index in [2.05, 4.69) is 0 Å². The van der Waals surface area contributed by atoms with Gasteiger partial charge in [-0.05, 0) is 43.7 Å². The Morgan fingerprint density at radius 2 is 2.04 bits per heavy atom. The minimum Gasteiger partial charge on any atom is -0.485 e. The Kier molecular flexibility index (Phi) is 3.87. The van der Waals surface area contributed by atoms with Gasteiger partial charge in [-0.3, -0.25) is 10.1 Å². The second-order valence-corrected chi connectivity index (χ2v) is 6.19. The van der Waals surface area contributed by atoms with Crippen molar-refractivity contribution in [2.75, 3.05) is 0 Å². The average molecular weight is 331 g/mol. The first-order valence-electron chi connectivity index (χ1n) is 6.89. The third-order valence-corrected chi connectivity index (χ3v) is 4.62. The van der Waals surface area contributed by atoms with Crippen LogP contribution in [-0.2, 0) is 0 Å². The zero-order valence-corrected chi connectivity index (χ0v) is 13.3. The average Bonchev–Trinajstić information content (AvgIpc) is 2.98. The highest BCUT2D eigenvalue weighted by Crippen LogP contribution is 2.32. The van der Waals surface area contributed by atoms with Gasteiger partial charge < -0.3 is 9.15 Å². The number of fused-ring (bicyclic) bond motifs is 1. The molecule has 3 rings (SSSR count). The Hall–Kier alpha value is -2.67. The highest BCUT2D eigenvalue weighted by molar-refractivity contribution is 7.15. The predicted molar refractivity (Wildman–Crippen MR) is 87.2 cm³/mol. The summed E-state index contributed by atoms with van der Waals surface area (Å²) in [5.41, 5.74) is 0.922. The summed E-state index contributed by atoms with van der Waals surface area (Å²) in [7, 11) is 0. The molecular weight excluding hydrogens is 318 g/mol. The van der Waals surface area contributed by atoms with Gasteiger partial charge in [0.25, 0.3) is 0 Å². The van der Waals surface area contributed by atoms with Crippen LogP contribution in [0.3, 0.4) is 0 Å². The molecule has 0 radical (unpaired) electrons. The Balaban J connectivity index is 1.88. The van der Waals surface area contributed by atoms with Crippen molar-refractivity contribution in [3.05, 3.63) is 67.4 Å². The molecule has 3 aromatic rings. The largest absolute Gasteiger partial charge is 0.485 e. The number of ether oxygens (including phenoxy) is 1. The Bertz CT molecular complexity index is 943. The van der Waals surface area contributed by atoms with Crippen LogP contribution in [0.4, 0.5) is 5.00 Å². The summed E-state index contributed by atoms with van der Waals surface area (Å²) in [6.45, 7) is 3.66. The monoisotopic (exact) mass is 331 g/mol. The van der Waals surface area contributed by atoms with Gasteiger partial charge in [0.05, 0.1) is 9.80 Å². The number of hydrogen-bond acceptors (Lipinski definition) is 6. The minimum atomic E-state index is -0.414. The van der Waals surface area contributed by atoms with Crippen molar-refractivity contribution in [2.45, 2.75) is 20.0 Å². The maximum Gasteiger partial charge on any atom is 0.336 e. The van der Waals surface area contributed by atoms with Crippen LogP contribution in [0.15, 0.2) is 45.6 Å². The standard InChI is InChI=1S/C16H13NO5S/c1-9-7-16(18)22-13-4-3-11(8-12(9)13)21-10(2)14-5-6-15(23-14)17(19)20/h3-8,10H,1-2H3. The lowest BCUT2D eigenvalue weighted by atomic mass is 10.1. The summed E-state index contributed by atoms with van der Waals surface area (Å²) >= 11 is 1.09. The van der Waals surface area contributed by atoms with Crippen LogP contribution in [0.25, 0.3) is 11.0 Å². The van der Waals surface area contributed by atoms with E-state index in [0.29, 0.717) is 11.3 Å². The summed E-state index contributed by atoms with van der Waals surface area (Å²) in [5.74, 6) is 0.609. The van der Waals surface area contributed by atoms with Crippen molar-refractivity contribution in [1.82, 2.24) is 0 Å². The molecule has 1 unspecified atom stereocenters. The zero-order valence-electron chi connectivity index (χ0n) is 12.4. The van der Waals surface area contributed by atoms with Crippen molar-refractivity contribution < 1.29 is 14.1 Å². The van der Waals surface area contributed by atoms with E-state index in [1.54, 1.807) is 24.3 Å². The lowest BCUT2D eigenvalue weighted by Crippen LogP contribution is -2.02. The summed E-state index contributed by atoms with van der Waals surface area (Å²) < 4.78 is 11.0. The van der Waals surface area contributed by atoms with Gasteiger partial charge in [-0.2, -0.15) is 0 Å². The molecular formula is C16H13NO5S. The first-order chi connectivity index (χ1) is 10.9. The van der Waals surface area contributed by atoms with E-state index in [9.17, 15) is 14.9 Å². The summed E-state index contributed by atoms with van der Waals surface area (Å²) in [6.07, 6.45) is -0.317. The fourth-order valence-electron chi connectivity index (χ4n) is 2.29. The van der Waals surface area contributed by atoms with Crippen LogP contribution in [-0.4, -0.2) is 4.92 Å². The lowest BCUT2D eigenvalue weighted by Gasteiger charge is -2.13. The van der Waals surface area contributed by atoms with E-state index < -0.39 is 4.92 Å². The maximum atomic E-state index is 11.4. The zero-order chi connectivity index (χ0) is 16.6. The van der Waals surface area contributed by atoms with E-state index in [4.69, 9.17) is 9.15 Å². The van der Waals surface area contributed by atoms with E-state index >= 15 is 0 Å². The second kappa shape index (κ2) is 5.85. The molecule has 0 saturated heterocycles. The number of thiophene rings is 1. The van der Waals surface area contributed by atoms with Gasteiger partial charge in [0, 0.05) is 17.5 Å². The van der Waals surface area contributed by atoms with Crippen LogP contribution < -0.4 is 10.4 Å². The molecule has 0 aliphatic heterocycles. The number of nitro groups is 1. The van der Waals surface area contributed by atoms with E-state index in [0.717, 1.165) is 27.2 Å². The lowest BCUT2D eigenvalue weighted by molar-refractivity contribution is -0.380. The molecule has 0 bridgehead atoms. The Morgan fingerprint density at radius 1 is 1.26 bits per heavy atom. The smallest absolute Gasteiger partial charge is 0.336 e. The molecule has 2 aromatic heterocycles. The number of nitrogens with zero attached hydrogens (tertiary/aromatic N) is 1. The van der Waals surface area contributed by atoms with E-state index in [1.807, 2.05) is 13.8 Å². The maximum absolute atomic E-state index is 11.4. The Labute approximate surface area is 135 Å². The number of benzene rings is 1. The van der Waals surface area contributed by atoms with Crippen molar-refractivity contribution in [3.63, 3.8) is 0 Å². The first-order valence-corrected chi connectivity index (χ1v) is 7.71. The predicted octanol–water partition coefficient (Wildman–Crippen LogP) is 4.21. The third kappa shape index (κ3) is 3.09. The van der Waals surface area contributed by atoms with Crippen LogP contribution in [0, 0.1) is 17.0 Å². The van der Waals surface area contributed by atoms with E-state index in [1.165, 1.54) is 12.1 Å². The molecule has 118 valence electrons. The summed E-state index contributed by atoms with van der Waals surface area (Å²) in [4.78, 5) is 22.5. The van der Waals surface area contributed by atoms with Gasteiger partial charge in [-0.25, -0.2) is 4.79 Å². The molecule has 23 heavy (non-hydrogen) atoms. The van der Waals surface area contributed by atoms with Gasteiger partial charge in [0.2, 0.25) is 0 Å². The number of rotatable bonds is 4. The molecule has 6 nitrogen and oxygen atoms in total. The highest BCUT2D eigenvalue weighted by Gasteiger charge is 2.16. The van der Waals surface area contributed by atoms with Crippen molar-refractivity contribution >= 4 is 27.3 Å².